The third kappa shape index (κ3) is 4.05. The van der Waals surface area contributed by atoms with Gasteiger partial charge in [-0.25, -0.2) is 4.98 Å². The highest BCUT2D eigenvalue weighted by Crippen LogP contribution is 2.27. The highest BCUT2D eigenvalue weighted by atomic mass is 32.1. The smallest absolute Gasteiger partial charge is 0.168 e. The molecule has 2 heterocycles. The Balaban J connectivity index is 1.62. The zero-order valence-electron chi connectivity index (χ0n) is 14.5. The van der Waals surface area contributed by atoms with E-state index in [1.165, 1.54) is 5.56 Å². The number of likely N-dealkylation sites (tertiary alicyclic amines) is 1. The van der Waals surface area contributed by atoms with Gasteiger partial charge in [-0.3, -0.25) is 0 Å². The number of rotatable bonds is 5. The molecule has 0 spiro atoms. The van der Waals surface area contributed by atoms with Crippen LogP contribution in [0.2, 0.25) is 0 Å². The molecular weight excluding hydrogens is 320 g/mol. The maximum Gasteiger partial charge on any atom is 0.168 e. The molecule has 24 heavy (non-hydrogen) atoms. The first-order valence-electron chi connectivity index (χ1n) is 8.65. The summed E-state index contributed by atoms with van der Waals surface area (Å²) in [5.41, 5.74) is 3.43. The van der Waals surface area contributed by atoms with Gasteiger partial charge in [0.05, 0.1) is 11.0 Å². The predicted octanol–water partition coefficient (Wildman–Crippen LogP) is 2.96. The minimum absolute atomic E-state index is 0.408. The van der Waals surface area contributed by atoms with Gasteiger partial charge < -0.3 is 19.9 Å². The van der Waals surface area contributed by atoms with Crippen molar-refractivity contribution in [2.24, 2.45) is 0 Å². The summed E-state index contributed by atoms with van der Waals surface area (Å²) < 4.78 is 5.07. The first-order valence-corrected chi connectivity index (χ1v) is 9.06. The Morgan fingerprint density at radius 2 is 2.38 bits per heavy atom. The third-order valence-electron chi connectivity index (χ3n) is 4.55. The number of thiocarbonyl (C=S) groups is 1. The van der Waals surface area contributed by atoms with Crippen LogP contribution in [0, 0.1) is 6.92 Å². The molecular formula is C18H26N4OS. The van der Waals surface area contributed by atoms with E-state index in [9.17, 15) is 0 Å². The summed E-state index contributed by atoms with van der Waals surface area (Å²) in [6, 6.07) is 6.36. The van der Waals surface area contributed by atoms with Crippen LogP contribution in [0.1, 0.15) is 36.6 Å². The second-order valence-corrected chi connectivity index (χ2v) is 6.89. The number of ether oxygens (including phenoxy) is 1. The molecule has 2 aromatic rings. The average Bonchev–Trinajstić information content (AvgIpc) is 3.02. The number of imidazole rings is 1. The van der Waals surface area contributed by atoms with Crippen molar-refractivity contribution in [1.82, 2.24) is 20.2 Å². The number of piperidine rings is 1. The molecule has 1 fully saturated rings. The summed E-state index contributed by atoms with van der Waals surface area (Å²) in [6.45, 7) is 5.67. The number of nitrogens with zero attached hydrogens (tertiary/aromatic N) is 2. The molecule has 3 rings (SSSR count). The van der Waals surface area contributed by atoms with Gasteiger partial charge in [0, 0.05) is 39.3 Å². The van der Waals surface area contributed by atoms with Crippen molar-refractivity contribution in [3.63, 3.8) is 0 Å². The third-order valence-corrected chi connectivity index (χ3v) is 4.96. The zero-order chi connectivity index (χ0) is 16.9. The Hall–Kier alpha value is -1.66. The minimum Gasteiger partial charge on any atom is -0.385 e. The summed E-state index contributed by atoms with van der Waals surface area (Å²) in [7, 11) is 1.72. The van der Waals surface area contributed by atoms with E-state index in [-0.39, 0.29) is 0 Å². The minimum atomic E-state index is 0.408. The molecule has 0 saturated carbocycles. The van der Waals surface area contributed by atoms with Crippen molar-refractivity contribution in [3.05, 3.63) is 29.6 Å². The Morgan fingerprint density at radius 1 is 1.50 bits per heavy atom. The van der Waals surface area contributed by atoms with Crippen LogP contribution < -0.4 is 5.32 Å². The molecule has 1 aliphatic heterocycles. The first-order chi connectivity index (χ1) is 11.7. The molecule has 1 aliphatic rings. The predicted molar refractivity (Wildman–Crippen MR) is 101 cm³/mol. The van der Waals surface area contributed by atoms with Crippen LogP contribution in [0.15, 0.2) is 18.2 Å². The van der Waals surface area contributed by atoms with Gasteiger partial charge in [-0.1, -0.05) is 6.07 Å². The number of benzene rings is 1. The highest BCUT2D eigenvalue weighted by Gasteiger charge is 2.25. The summed E-state index contributed by atoms with van der Waals surface area (Å²) in [6.07, 6.45) is 3.26. The van der Waals surface area contributed by atoms with Crippen molar-refractivity contribution in [2.45, 2.75) is 32.1 Å². The first kappa shape index (κ1) is 17.2. The molecule has 0 radical (unpaired) electrons. The van der Waals surface area contributed by atoms with Gasteiger partial charge in [-0.05, 0) is 56.1 Å². The SMILES string of the molecule is COCCCNC(=S)N1CCCC(c2nc3ccc(C)cc3[nH]2)C1. The van der Waals surface area contributed by atoms with Crippen molar-refractivity contribution in [1.29, 1.82) is 0 Å². The topological polar surface area (TPSA) is 53.2 Å². The quantitative estimate of drug-likeness (QED) is 0.644. The molecule has 5 nitrogen and oxygen atoms in total. The van der Waals surface area contributed by atoms with Gasteiger partial charge in [0.25, 0.3) is 0 Å². The maximum atomic E-state index is 5.55. The number of methoxy groups -OCH3 is 1. The summed E-state index contributed by atoms with van der Waals surface area (Å²) >= 11 is 5.55. The van der Waals surface area contributed by atoms with Crippen molar-refractivity contribution in [3.8, 4) is 0 Å². The van der Waals surface area contributed by atoms with Crippen LogP contribution in [0.5, 0.6) is 0 Å². The molecule has 130 valence electrons. The lowest BCUT2D eigenvalue weighted by Gasteiger charge is -2.33. The fraction of sp³-hybridized carbons (Fsp3) is 0.556. The molecule has 0 bridgehead atoms. The normalized spacial score (nSPS) is 18.1. The second kappa shape index (κ2) is 7.94. The molecule has 1 unspecified atom stereocenters. The molecule has 2 N–H and O–H groups in total. The lowest BCUT2D eigenvalue weighted by atomic mass is 9.98. The molecule has 1 aromatic heterocycles. The second-order valence-electron chi connectivity index (χ2n) is 6.51. The van der Waals surface area contributed by atoms with Gasteiger partial charge in [0.1, 0.15) is 5.82 Å². The van der Waals surface area contributed by atoms with E-state index in [4.69, 9.17) is 21.9 Å². The van der Waals surface area contributed by atoms with Crippen molar-refractivity contribution >= 4 is 28.4 Å². The molecule has 1 saturated heterocycles. The summed E-state index contributed by atoms with van der Waals surface area (Å²) in [5.74, 6) is 1.49. The van der Waals surface area contributed by atoms with Crippen LogP contribution in [-0.4, -0.2) is 53.3 Å². The van der Waals surface area contributed by atoms with E-state index < -0.39 is 0 Å². The standard InChI is InChI=1S/C18H26N4OS/c1-13-6-7-15-16(11-13)21-17(20-15)14-5-3-9-22(12-14)18(24)19-8-4-10-23-2/h6-7,11,14H,3-5,8-10,12H2,1-2H3,(H,19,24)(H,20,21). The molecule has 1 atom stereocenters. The number of H-pyrrole nitrogens is 1. The number of aromatic amines is 1. The Morgan fingerprint density at radius 3 is 3.21 bits per heavy atom. The van der Waals surface area contributed by atoms with Gasteiger partial charge in [-0.2, -0.15) is 0 Å². The van der Waals surface area contributed by atoms with Crippen molar-refractivity contribution < 1.29 is 4.74 Å². The maximum absolute atomic E-state index is 5.55. The average molecular weight is 347 g/mol. The number of hydrogen-bond acceptors (Lipinski definition) is 3. The van der Waals surface area contributed by atoms with E-state index in [1.807, 2.05) is 0 Å². The lowest BCUT2D eigenvalue weighted by molar-refractivity contribution is 0.195. The van der Waals surface area contributed by atoms with E-state index in [1.54, 1.807) is 7.11 Å². The monoisotopic (exact) mass is 346 g/mol. The van der Waals surface area contributed by atoms with E-state index >= 15 is 0 Å². The molecule has 0 aliphatic carbocycles. The Kier molecular flexibility index (Phi) is 5.68. The summed E-state index contributed by atoms with van der Waals surface area (Å²) in [4.78, 5) is 10.6. The van der Waals surface area contributed by atoms with Gasteiger partial charge in [0.15, 0.2) is 5.11 Å². The molecule has 6 heteroatoms. The van der Waals surface area contributed by atoms with Crippen LogP contribution in [-0.2, 0) is 4.74 Å². The highest BCUT2D eigenvalue weighted by molar-refractivity contribution is 7.80. The number of hydrogen-bond donors (Lipinski definition) is 2. The van der Waals surface area contributed by atoms with E-state index in [0.717, 1.165) is 67.5 Å². The van der Waals surface area contributed by atoms with Gasteiger partial charge in [0.2, 0.25) is 0 Å². The largest absolute Gasteiger partial charge is 0.385 e. The van der Waals surface area contributed by atoms with Crippen LogP contribution in [0.4, 0.5) is 0 Å². The van der Waals surface area contributed by atoms with Crippen molar-refractivity contribution in [2.75, 3.05) is 33.4 Å². The molecule has 0 amide bonds. The lowest BCUT2D eigenvalue weighted by Crippen LogP contribution is -2.45. The van der Waals surface area contributed by atoms with E-state index in [2.05, 4.69) is 40.3 Å². The van der Waals surface area contributed by atoms with E-state index in [0.29, 0.717) is 5.92 Å². The number of fused-ring (bicyclic) bond motifs is 1. The number of nitrogens with one attached hydrogen (secondary N) is 2. The number of aromatic nitrogens is 2. The summed E-state index contributed by atoms with van der Waals surface area (Å²) in [5, 5.41) is 4.19. The van der Waals surface area contributed by atoms with Crippen LogP contribution in [0.3, 0.4) is 0 Å². The fourth-order valence-corrected chi connectivity index (χ4v) is 3.51. The fourth-order valence-electron chi connectivity index (χ4n) is 3.24. The Labute approximate surface area is 148 Å². The zero-order valence-corrected chi connectivity index (χ0v) is 15.3. The van der Waals surface area contributed by atoms with Gasteiger partial charge >= 0.3 is 0 Å². The van der Waals surface area contributed by atoms with Gasteiger partial charge in [-0.15, -0.1) is 0 Å². The number of aryl methyl sites for hydroxylation is 1. The molecule has 1 aromatic carbocycles. The van der Waals surface area contributed by atoms with Crippen LogP contribution >= 0.6 is 12.2 Å². The Bertz CT molecular complexity index is 699. The van der Waals surface area contributed by atoms with Crippen LogP contribution in [0.25, 0.3) is 11.0 Å².